The van der Waals surface area contributed by atoms with E-state index in [2.05, 4.69) is 4.72 Å². The van der Waals surface area contributed by atoms with Gasteiger partial charge in [0.1, 0.15) is 15.7 Å². The minimum Gasteiger partial charge on any atom is -0.326 e. The Morgan fingerprint density at radius 2 is 1.90 bits per heavy atom. The van der Waals surface area contributed by atoms with E-state index in [1.165, 1.54) is 19.1 Å². The zero-order chi connectivity index (χ0) is 15.6. The number of rotatable bonds is 6. The Balaban J connectivity index is 3.09. The Morgan fingerprint density at radius 3 is 2.40 bits per heavy atom. The number of hydrogen-bond donors (Lipinski definition) is 2. The molecule has 6 nitrogen and oxygen atoms in total. The number of halogens is 1. The predicted octanol–water partition coefficient (Wildman–Crippen LogP) is -0.00420. The van der Waals surface area contributed by atoms with Crippen LogP contribution in [0.4, 0.5) is 4.39 Å². The molecule has 0 aliphatic heterocycles. The number of sulfonamides is 1. The maximum absolute atomic E-state index is 13.5. The van der Waals surface area contributed by atoms with Gasteiger partial charge in [-0.3, -0.25) is 0 Å². The summed E-state index contributed by atoms with van der Waals surface area (Å²) in [5, 5.41) is 0. The molecule has 0 spiro atoms. The van der Waals surface area contributed by atoms with Gasteiger partial charge in [0, 0.05) is 24.4 Å². The molecule has 0 saturated heterocycles. The average molecular weight is 324 g/mol. The first-order valence-electron chi connectivity index (χ1n) is 5.74. The van der Waals surface area contributed by atoms with E-state index < -0.39 is 31.7 Å². The van der Waals surface area contributed by atoms with E-state index in [-0.39, 0.29) is 22.8 Å². The zero-order valence-electron chi connectivity index (χ0n) is 11.1. The highest BCUT2D eigenvalue weighted by atomic mass is 32.2. The molecular formula is C11H17FN2O4S2. The molecular weight excluding hydrogens is 307 g/mol. The molecule has 1 aromatic carbocycles. The zero-order valence-corrected chi connectivity index (χ0v) is 12.8. The molecule has 1 rings (SSSR count). The van der Waals surface area contributed by atoms with Crippen LogP contribution in [0.15, 0.2) is 23.1 Å². The van der Waals surface area contributed by atoms with Gasteiger partial charge in [-0.05, 0) is 19.1 Å². The Bertz CT molecular complexity index is 686. The number of benzene rings is 1. The van der Waals surface area contributed by atoms with E-state index in [1.54, 1.807) is 0 Å². The molecule has 0 aromatic heterocycles. The molecule has 0 amide bonds. The van der Waals surface area contributed by atoms with Crippen LogP contribution in [-0.2, 0) is 26.4 Å². The standard InChI is InChI=1S/C11H17FN2O4S2/c1-8(7-19(2,15)16)14-20(17,18)11-5-3-4-10(12)9(11)6-13/h3-5,8,14H,6-7,13H2,1-2H3. The van der Waals surface area contributed by atoms with E-state index in [9.17, 15) is 21.2 Å². The summed E-state index contributed by atoms with van der Waals surface area (Å²) in [6, 6.07) is 2.76. The van der Waals surface area contributed by atoms with Crippen molar-refractivity contribution < 1.29 is 21.2 Å². The summed E-state index contributed by atoms with van der Waals surface area (Å²) in [5.74, 6) is -1.06. The lowest BCUT2D eigenvalue weighted by molar-refractivity contribution is 0.558. The summed E-state index contributed by atoms with van der Waals surface area (Å²) in [4.78, 5) is -0.277. The van der Waals surface area contributed by atoms with E-state index in [4.69, 9.17) is 5.73 Å². The van der Waals surface area contributed by atoms with Crippen LogP contribution in [0, 0.1) is 5.82 Å². The second-order valence-corrected chi connectivity index (χ2v) is 8.40. The molecule has 0 aliphatic carbocycles. The fraction of sp³-hybridized carbons (Fsp3) is 0.455. The molecule has 0 radical (unpaired) electrons. The topological polar surface area (TPSA) is 106 Å². The van der Waals surface area contributed by atoms with Gasteiger partial charge < -0.3 is 5.73 Å². The first kappa shape index (κ1) is 17.0. The molecule has 3 N–H and O–H groups in total. The van der Waals surface area contributed by atoms with Gasteiger partial charge in [0.2, 0.25) is 10.0 Å². The van der Waals surface area contributed by atoms with Gasteiger partial charge in [-0.25, -0.2) is 25.9 Å². The van der Waals surface area contributed by atoms with Crippen molar-refractivity contribution in [3.05, 3.63) is 29.6 Å². The fourth-order valence-corrected chi connectivity index (χ4v) is 4.41. The smallest absolute Gasteiger partial charge is 0.241 e. The van der Waals surface area contributed by atoms with E-state index in [1.807, 2.05) is 0 Å². The number of nitrogens with two attached hydrogens (primary N) is 1. The summed E-state index contributed by atoms with van der Waals surface area (Å²) in [6.07, 6.45) is 1.01. The molecule has 1 aromatic rings. The van der Waals surface area contributed by atoms with Crippen LogP contribution in [0.1, 0.15) is 12.5 Å². The van der Waals surface area contributed by atoms with Crippen molar-refractivity contribution in [2.45, 2.75) is 24.4 Å². The summed E-state index contributed by atoms with van der Waals surface area (Å²) in [6.45, 7) is 1.14. The Labute approximate surface area is 118 Å². The number of sulfone groups is 1. The quantitative estimate of drug-likeness (QED) is 0.766. The van der Waals surface area contributed by atoms with Gasteiger partial charge in [-0.1, -0.05) is 6.07 Å². The van der Waals surface area contributed by atoms with Crippen LogP contribution in [-0.4, -0.2) is 34.9 Å². The minimum absolute atomic E-state index is 0.133. The Hall–Kier alpha value is -1.03. The Morgan fingerprint density at radius 1 is 1.30 bits per heavy atom. The van der Waals surface area contributed by atoms with Gasteiger partial charge in [0.05, 0.1) is 10.6 Å². The third-order valence-corrected chi connectivity index (χ3v) is 5.26. The highest BCUT2D eigenvalue weighted by Crippen LogP contribution is 2.18. The molecule has 20 heavy (non-hydrogen) atoms. The maximum atomic E-state index is 13.5. The van der Waals surface area contributed by atoms with E-state index in [0.29, 0.717) is 0 Å². The highest BCUT2D eigenvalue weighted by molar-refractivity contribution is 7.91. The van der Waals surface area contributed by atoms with E-state index in [0.717, 1.165) is 12.3 Å². The first-order valence-corrected chi connectivity index (χ1v) is 9.28. The van der Waals surface area contributed by atoms with Crippen molar-refractivity contribution >= 4 is 19.9 Å². The highest BCUT2D eigenvalue weighted by Gasteiger charge is 2.23. The summed E-state index contributed by atoms with van der Waals surface area (Å²) in [7, 11) is -7.36. The average Bonchev–Trinajstić information content (AvgIpc) is 2.24. The second-order valence-electron chi connectivity index (χ2n) is 4.54. The lowest BCUT2D eigenvalue weighted by Gasteiger charge is -2.15. The number of hydrogen-bond acceptors (Lipinski definition) is 5. The molecule has 0 bridgehead atoms. The van der Waals surface area contributed by atoms with Gasteiger partial charge >= 0.3 is 0 Å². The van der Waals surface area contributed by atoms with Crippen molar-refractivity contribution in [3.63, 3.8) is 0 Å². The van der Waals surface area contributed by atoms with Crippen molar-refractivity contribution in [1.82, 2.24) is 4.72 Å². The molecule has 0 fully saturated rings. The molecule has 0 saturated carbocycles. The lowest BCUT2D eigenvalue weighted by Crippen LogP contribution is -2.37. The van der Waals surface area contributed by atoms with Crippen LogP contribution in [0.25, 0.3) is 0 Å². The van der Waals surface area contributed by atoms with Crippen molar-refractivity contribution in [3.8, 4) is 0 Å². The van der Waals surface area contributed by atoms with Crippen LogP contribution in [0.3, 0.4) is 0 Å². The maximum Gasteiger partial charge on any atom is 0.241 e. The molecule has 0 heterocycles. The molecule has 1 atom stereocenters. The van der Waals surface area contributed by atoms with E-state index >= 15 is 0 Å². The monoisotopic (exact) mass is 324 g/mol. The Kier molecular flexibility index (Phi) is 5.25. The van der Waals surface area contributed by atoms with Gasteiger partial charge in [0.25, 0.3) is 0 Å². The van der Waals surface area contributed by atoms with Gasteiger partial charge in [-0.15, -0.1) is 0 Å². The summed E-state index contributed by atoms with van der Waals surface area (Å²) < 4.78 is 62.2. The lowest BCUT2D eigenvalue weighted by atomic mass is 10.2. The first-order chi connectivity index (χ1) is 9.07. The normalized spacial score (nSPS) is 14.2. The summed E-state index contributed by atoms with van der Waals surface area (Å²) in [5.41, 5.74) is 5.22. The second kappa shape index (κ2) is 6.17. The van der Waals surface area contributed by atoms with Crippen molar-refractivity contribution in [1.29, 1.82) is 0 Å². The molecule has 114 valence electrons. The fourth-order valence-electron chi connectivity index (χ4n) is 1.81. The van der Waals surface area contributed by atoms with Crippen LogP contribution >= 0.6 is 0 Å². The third kappa shape index (κ3) is 4.51. The summed E-state index contributed by atoms with van der Waals surface area (Å²) >= 11 is 0. The van der Waals surface area contributed by atoms with Gasteiger partial charge in [-0.2, -0.15) is 0 Å². The van der Waals surface area contributed by atoms with Crippen LogP contribution in [0.5, 0.6) is 0 Å². The molecule has 9 heteroatoms. The number of nitrogens with one attached hydrogen (secondary N) is 1. The van der Waals surface area contributed by atoms with Crippen molar-refractivity contribution in [2.75, 3.05) is 12.0 Å². The third-order valence-electron chi connectivity index (χ3n) is 2.48. The van der Waals surface area contributed by atoms with Crippen LogP contribution in [0.2, 0.25) is 0 Å². The minimum atomic E-state index is -4.03. The van der Waals surface area contributed by atoms with Crippen LogP contribution < -0.4 is 10.5 Å². The molecule has 0 aliphatic rings. The predicted molar refractivity (Wildman–Crippen MR) is 73.8 cm³/mol. The largest absolute Gasteiger partial charge is 0.326 e. The SMILES string of the molecule is CC(CS(C)(=O)=O)NS(=O)(=O)c1cccc(F)c1CN. The van der Waals surface area contributed by atoms with Crippen molar-refractivity contribution in [2.24, 2.45) is 5.73 Å². The van der Waals surface area contributed by atoms with Gasteiger partial charge in [0.15, 0.2) is 0 Å². The molecule has 1 unspecified atom stereocenters.